The van der Waals surface area contributed by atoms with Crippen LogP contribution in [0.25, 0.3) is 0 Å². The number of alkyl halides is 2. The van der Waals surface area contributed by atoms with Gasteiger partial charge in [-0.1, -0.05) is 35.9 Å². The van der Waals surface area contributed by atoms with E-state index in [-0.39, 0.29) is 5.95 Å². The van der Waals surface area contributed by atoms with E-state index >= 15 is 0 Å². The Morgan fingerprint density at radius 1 is 1.42 bits per heavy atom. The van der Waals surface area contributed by atoms with E-state index in [1.807, 2.05) is 0 Å². The van der Waals surface area contributed by atoms with E-state index in [9.17, 15) is 8.78 Å². The minimum atomic E-state index is -3.22. The van der Waals surface area contributed by atoms with Gasteiger partial charge in [-0.15, -0.1) is 0 Å². The van der Waals surface area contributed by atoms with Crippen molar-refractivity contribution >= 4 is 41.1 Å². The summed E-state index contributed by atoms with van der Waals surface area (Å²) in [6, 6.07) is 0. The van der Waals surface area contributed by atoms with Crippen LogP contribution >= 0.6 is 35.1 Å². The molecule has 0 aliphatic heterocycles. The maximum Gasteiger partial charge on any atom is 0.276 e. The first-order valence-corrected chi connectivity index (χ1v) is 6.45. The second-order valence-corrected chi connectivity index (χ2v) is 4.97. The van der Waals surface area contributed by atoms with E-state index in [0.29, 0.717) is 11.8 Å². The molecule has 9 heteroatoms. The molecule has 0 radical (unpaired) electrons. The summed E-state index contributed by atoms with van der Waals surface area (Å²) >= 11 is 12.4. The fraction of sp³-hybridized carbons (Fsp3) is 0.200. The molecule has 19 heavy (non-hydrogen) atoms. The molecule has 0 unspecified atom stereocenters. The van der Waals surface area contributed by atoms with Crippen LogP contribution in [0.3, 0.4) is 0 Å². The van der Waals surface area contributed by atoms with Crippen LogP contribution < -0.4 is 10.5 Å². The lowest BCUT2D eigenvalue weighted by molar-refractivity contribution is 0.0170. The zero-order chi connectivity index (χ0) is 14.6. The van der Waals surface area contributed by atoms with Gasteiger partial charge in [0, 0.05) is 18.0 Å². The summed E-state index contributed by atoms with van der Waals surface area (Å²) in [5.74, 6) is -3.22. The molecular formula is C10H10Cl2F2N4S. The van der Waals surface area contributed by atoms with Crippen molar-refractivity contribution in [2.75, 3.05) is 4.72 Å². The molecule has 0 saturated heterocycles. The fourth-order valence-corrected chi connectivity index (χ4v) is 2.24. The zero-order valence-corrected chi connectivity index (χ0v) is 12.1. The minimum absolute atomic E-state index is 0.00537. The van der Waals surface area contributed by atoms with Crippen molar-refractivity contribution in [3.05, 3.63) is 39.6 Å². The number of aromatic nitrogens is 2. The Labute approximate surface area is 123 Å². The average Bonchev–Trinajstić information content (AvgIpc) is 2.27. The van der Waals surface area contributed by atoms with Crippen LogP contribution in [0.4, 0.5) is 14.7 Å². The van der Waals surface area contributed by atoms with E-state index in [1.165, 1.54) is 12.3 Å². The molecule has 1 rings (SSSR count). The number of nitrogens with two attached hydrogens (primary N) is 1. The first-order valence-electron chi connectivity index (χ1n) is 4.88. The fourth-order valence-electron chi connectivity index (χ4n) is 1.06. The van der Waals surface area contributed by atoms with Crippen molar-refractivity contribution in [3.63, 3.8) is 0 Å². The van der Waals surface area contributed by atoms with Gasteiger partial charge in [-0.25, -0.2) is 8.78 Å². The normalized spacial score (nSPS) is 12.4. The standard InChI is InChI=1S/C10H10Cl2F2N4S/c1-3-5(4-15)19-18-9-16-7(11)6(8(12)17-9)10(2,13)14/h3-4H,1,15H2,2H3,(H,16,17,18)/b5-4+. The zero-order valence-electron chi connectivity index (χ0n) is 9.75. The van der Waals surface area contributed by atoms with Gasteiger partial charge < -0.3 is 5.73 Å². The summed E-state index contributed by atoms with van der Waals surface area (Å²) < 4.78 is 29.1. The van der Waals surface area contributed by atoms with Crippen molar-refractivity contribution in [2.45, 2.75) is 12.8 Å². The van der Waals surface area contributed by atoms with Crippen molar-refractivity contribution in [2.24, 2.45) is 5.73 Å². The predicted octanol–water partition coefficient (Wildman–Crippen LogP) is 3.94. The average molecular weight is 327 g/mol. The lowest BCUT2D eigenvalue weighted by Crippen LogP contribution is -2.12. The third-order valence-electron chi connectivity index (χ3n) is 1.89. The van der Waals surface area contributed by atoms with Gasteiger partial charge in [-0.3, -0.25) is 4.72 Å². The third kappa shape index (κ3) is 4.22. The predicted molar refractivity (Wildman–Crippen MR) is 75.3 cm³/mol. The summed E-state index contributed by atoms with van der Waals surface area (Å²) in [5.41, 5.74) is 4.70. The highest BCUT2D eigenvalue weighted by Crippen LogP contribution is 2.37. The highest BCUT2D eigenvalue weighted by molar-refractivity contribution is 8.04. The molecule has 0 aliphatic carbocycles. The smallest absolute Gasteiger partial charge is 0.276 e. The molecule has 0 saturated carbocycles. The van der Waals surface area contributed by atoms with E-state index in [2.05, 4.69) is 21.3 Å². The van der Waals surface area contributed by atoms with Crippen LogP contribution in [0.15, 0.2) is 23.8 Å². The number of halogens is 4. The number of nitrogens with zero attached hydrogens (tertiary/aromatic N) is 2. The first-order chi connectivity index (χ1) is 8.79. The molecule has 3 N–H and O–H groups in total. The van der Waals surface area contributed by atoms with Gasteiger partial charge in [-0.05, 0) is 11.9 Å². The molecule has 0 fully saturated rings. The molecule has 0 aliphatic rings. The Balaban J connectivity index is 2.99. The highest BCUT2D eigenvalue weighted by Gasteiger charge is 2.32. The monoisotopic (exact) mass is 326 g/mol. The minimum Gasteiger partial charge on any atom is -0.404 e. The van der Waals surface area contributed by atoms with Crippen molar-refractivity contribution < 1.29 is 8.78 Å². The topological polar surface area (TPSA) is 63.8 Å². The summed E-state index contributed by atoms with van der Waals surface area (Å²) in [6.45, 7) is 4.19. The van der Waals surface area contributed by atoms with Gasteiger partial charge in [0.05, 0.1) is 5.56 Å². The van der Waals surface area contributed by atoms with Crippen LogP contribution in [-0.2, 0) is 5.92 Å². The Bertz CT molecular complexity index is 494. The van der Waals surface area contributed by atoms with Crippen LogP contribution in [0.2, 0.25) is 10.3 Å². The van der Waals surface area contributed by atoms with E-state index < -0.39 is 21.8 Å². The van der Waals surface area contributed by atoms with Gasteiger partial charge in [0.15, 0.2) is 0 Å². The molecular weight excluding hydrogens is 317 g/mol. The van der Waals surface area contributed by atoms with Crippen LogP contribution in [0.5, 0.6) is 0 Å². The molecule has 0 aromatic carbocycles. The molecule has 1 aromatic rings. The van der Waals surface area contributed by atoms with E-state index in [0.717, 1.165) is 11.9 Å². The second-order valence-electron chi connectivity index (χ2n) is 3.37. The highest BCUT2D eigenvalue weighted by atomic mass is 35.5. The summed E-state index contributed by atoms with van der Waals surface area (Å²) in [5, 5.41) is -0.819. The van der Waals surface area contributed by atoms with Crippen molar-refractivity contribution in [3.8, 4) is 0 Å². The molecule has 0 atom stereocenters. The van der Waals surface area contributed by atoms with E-state index in [4.69, 9.17) is 28.9 Å². The Hall–Kier alpha value is -1.05. The van der Waals surface area contributed by atoms with Gasteiger partial charge >= 0.3 is 0 Å². The number of allylic oxidation sites excluding steroid dienone is 1. The molecule has 1 heterocycles. The SMILES string of the molecule is C=C/C(=C\N)SNc1nc(Cl)c(C(C)(F)F)c(Cl)n1. The van der Waals surface area contributed by atoms with Crippen LogP contribution in [0.1, 0.15) is 12.5 Å². The molecule has 0 amide bonds. The van der Waals surface area contributed by atoms with Gasteiger partial charge in [0.1, 0.15) is 10.3 Å². The quantitative estimate of drug-likeness (QED) is 0.487. The molecule has 0 spiro atoms. The molecule has 1 aromatic heterocycles. The van der Waals surface area contributed by atoms with Gasteiger partial charge in [-0.2, -0.15) is 9.97 Å². The molecule has 104 valence electrons. The Kier molecular flexibility index (Phi) is 5.39. The summed E-state index contributed by atoms with van der Waals surface area (Å²) in [6.07, 6.45) is 2.80. The Morgan fingerprint density at radius 3 is 2.32 bits per heavy atom. The van der Waals surface area contributed by atoms with Crippen molar-refractivity contribution in [1.29, 1.82) is 0 Å². The van der Waals surface area contributed by atoms with E-state index in [1.54, 1.807) is 0 Å². The molecule has 0 bridgehead atoms. The number of rotatable bonds is 5. The van der Waals surface area contributed by atoms with Crippen molar-refractivity contribution in [1.82, 2.24) is 9.97 Å². The number of hydrogen-bond donors (Lipinski definition) is 2. The summed E-state index contributed by atoms with van der Waals surface area (Å²) in [4.78, 5) is 7.99. The lowest BCUT2D eigenvalue weighted by Gasteiger charge is -2.14. The largest absolute Gasteiger partial charge is 0.404 e. The Morgan fingerprint density at radius 2 is 1.95 bits per heavy atom. The maximum atomic E-state index is 13.2. The van der Waals surface area contributed by atoms with Crippen LogP contribution in [-0.4, -0.2) is 9.97 Å². The second kappa shape index (κ2) is 6.40. The van der Waals surface area contributed by atoms with Gasteiger partial charge in [0.2, 0.25) is 5.95 Å². The lowest BCUT2D eigenvalue weighted by atomic mass is 10.2. The van der Waals surface area contributed by atoms with Gasteiger partial charge in [0.25, 0.3) is 5.92 Å². The maximum absolute atomic E-state index is 13.2. The number of nitrogens with one attached hydrogen (secondary N) is 1. The van der Waals surface area contributed by atoms with Crippen LogP contribution in [0, 0.1) is 0 Å². The molecule has 4 nitrogen and oxygen atoms in total. The number of hydrogen-bond acceptors (Lipinski definition) is 5. The summed E-state index contributed by atoms with van der Waals surface area (Å²) in [7, 11) is 0. The third-order valence-corrected chi connectivity index (χ3v) is 3.26. The number of anilines is 1. The first kappa shape index (κ1) is 16.0.